The number of likely N-dealkylation sites (tertiary alicyclic amines) is 1. The molecule has 0 aromatic carbocycles. The highest BCUT2D eigenvalue weighted by Gasteiger charge is 2.27. The van der Waals surface area contributed by atoms with Gasteiger partial charge in [-0.2, -0.15) is 0 Å². The van der Waals surface area contributed by atoms with E-state index in [9.17, 15) is 4.79 Å². The van der Waals surface area contributed by atoms with E-state index in [4.69, 9.17) is 4.74 Å². The molecule has 1 heterocycles. The first-order valence-corrected chi connectivity index (χ1v) is 11.1. The molecule has 154 valence electrons. The highest BCUT2D eigenvalue weighted by atomic mass is 16.5. The topological polar surface area (TPSA) is 29.5 Å². The summed E-state index contributed by atoms with van der Waals surface area (Å²) in [6, 6.07) is 0. The van der Waals surface area contributed by atoms with Gasteiger partial charge >= 0.3 is 0 Å². The molecular formula is C24H41NO2. The fraction of sp³-hybridized carbons (Fsp3) is 0.875. The second kappa shape index (κ2) is 10.6. The Labute approximate surface area is 167 Å². The van der Waals surface area contributed by atoms with Gasteiger partial charge in [-0.15, -0.1) is 5.92 Å². The summed E-state index contributed by atoms with van der Waals surface area (Å²) in [7, 11) is 0. The van der Waals surface area contributed by atoms with E-state index in [1.807, 2.05) is 0 Å². The van der Waals surface area contributed by atoms with Crippen molar-refractivity contribution in [3.8, 4) is 11.8 Å². The number of rotatable bonds is 7. The first-order valence-electron chi connectivity index (χ1n) is 11.1. The van der Waals surface area contributed by atoms with Crippen molar-refractivity contribution in [3.63, 3.8) is 0 Å². The van der Waals surface area contributed by atoms with Crippen LogP contribution < -0.4 is 0 Å². The Hall–Kier alpha value is -0.850. The molecule has 0 spiro atoms. The van der Waals surface area contributed by atoms with Gasteiger partial charge < -0.3 is 9.64 Å². The molecule has 0 bridgehead atoms. The quantitative estimate of drug-likeness (QED) is 0.466. The van der Waals surface area contributed by atoms with Crippen LogP contribution >= 0.6 is 0 Å². The first-order chi connectivity index (χ1) is 12.8. The smallest absolute Gasteiger partial charge is 0.132 e. The molecule has 0 aromatic rings. The lowest BCUT2D eigenvalue weighted by atomic mass is 9.80. The number of piperidine rings is 1. The van der Waals surface area contributed by atoms with Gasteiger partial charge in [-0.1, -0.05) is 19.8 Å². The van der Waals surface area contributed by atoms with Crippen LogP contribution in [-0.2, 0) is 9.53 Å². The molecule has 0 atom stereocenters. The number of ether oxygens (including phenoxy) is 1. The van der Waals surface area contributed by atoms with Gasteiger partial charge in [0, 0.05) is 37.4 Å². The molecule has 3 nitrogen and oxygen atoms in total. The monoisotopic (exact) mass is 375 g/mol. The minimum atomic E-state index is 0.0922. The zero-order valence-electron chi connectivity index (χ0n) is 18.4. The van der Waals surface area contributed by atoms with Crippen molar-refractivity contribution in [3.05, 3.63) is 0 Å². The summed E-state index contributed by atoms with van der Waals surface area (Å²) in [6.45, 7) is 14.9. The number of carbonyl (C=O) groups is 1. The van der Waals surface area contributed by atoms with Crippen LogP contribution in [0.15, 0.2) is 0 Å². The van der Waals surface area contributed by atoms with Gasteiger partial charge in [-0.3, -0.25) is 4.79 Å². The third-order valence-corrected chi connectivity index (χ3v) is 6.91. The zero-order chi connectivity index (χ0) is 19.9. The van der Waals surface area contributed by atoms with Gasteiger partial charge in [-0.05, 0) is 71.1 Å². The number of carbonyl (C=O) groups excluding carboxylic acids is 1. The van der Waals surface area contributed by atoms with Gasteiger partial charge in [0.25, 0.3) is 0 Å². The largest absolute Gasteiger partial charge is 0.377 e. The van der Waals surface area contributed by atoms with E-state index >= 15 is 0 Å². The van der Waals surface area contributed by atoms with Gasteiger partial charge in [0.15, 0.2) is 0 Å². The maximum atomic E-state index is 11.5. The standard InChI is InChI=1S/C24H41NO2/c1-19(2)24(4,5)14-6-7-17-27-23-12-15-25(16-13-23)18-21-8-10-22(11-9-21)20(3)26/h19,21-23H,7-13,15-18H2,1-5H3. The lowest BCUT2D eigenvalue weighted by molar-refractivity contribution is -0.121. The average Bonchev–Trinajstić information content (AvgIpc) is 2.63. The summed E-state index contributed by atoms with van der Waals surface area (Å²) in [4.78, 5) is 14.1. The number of Topliss-reactive ketones (excluding diaryl/α,β-unsaturated/α-hetero) is 1. The van der Waals surface area contributed by atoms with Crippen molar-refractivity contribution in [2.24, 2.45) is 23.2 Å². The van der Waals surface area contributed by atoms with E-state index in [1.54, 1.807) is 6.92 Å². The van der Waals surface area contributed by atoms with Gasteiger partial charge in [0.05, 0.1) is 12.7 Å². The van der Waals surface area contributed by atoms with Crippen molar-refractivity contribution in [2.75, 3.05) is 26.2 Å². The lowest BCUT2D eigenvalue weighted by Gasteiger charge is -2.36. The predicted octanol–water partition coefficient (Wildman–Crippen LogP) is 4.94. The van der Waals surface area contributed by atoms with Crippen molar-refractivity contribution in [2.45, 2.75) is 85.7 Å². The Morgan fingerprint density at radius 1 is 1.11 bits per heavy atom. The molecule has 3 heteroatoms. The van der Waals surface area contributed by atoms with Crippen LogP contribution in [0.5, 0.6) is 0 Å². The van der Waals surface area contributed by atoms with Crippen molar-refractivity contribution >= 4 is 5.78 Å². The second-order valence-corrected chi connectivity index (χ2v) is 9.63. The van der Waals surface area contributed by atoms with Crippen LogP contribution in [0.2, 0.25) is 0 Å². The molecule has 0 radical (unpaired) electrons. The molecule has 0 N–H and O–H groups in total. The molecule has 1 aliphatic heterocycles. The fourth-order valence-electron chi connectivity index (χ4n) is 4.09. The Morgan fingerprint density at radius 3 is 2.30 bits per heavy atom. The number of ketones is 1. The van der Waals surface area contributed by atoms with E-state index in [2.05, 4.69) is 44.4 Å². The van der Waals surface area contributed by atoms with Gasteiger partial charge in [-0.25, -0.2) is 0 Å². The van der Waals surface area contributed by atoms with E-state index in [1.165, 1.54) is 19.4 Å². The highest BCUT2D eigenvalue weighted by Crippen LogP contribution is 2.30. The van der Waals surface area contributed by atoms with Crippen LogP contribution in [0, 0.1) is 35.0 Å². The van der Waals surface area contributed by atoms with Crippen molar-refractivity contribution < 1.29 is 9.53 Å². The third-order valence-electron chi connectivity index (χ3n) is 6.91. The molecule has 0 unspecified atom stereocenters. The minimum Gasteiger partial charge on any atom is -0.377 e. The SMILES string of the molecule is CC(=O)C1CCC(CN2CCC(OCCC#CC(C)(C)C(C)C)CC2)CC1. The Balaban J connectivity index is 1.58. The summed E-state index contributed by atoms with van der Waals surface area (Å²) in [5.74, 6) is 8.81. The normalized spacial score (nSPS) is 25.3. The Bertz CT molecular complexity index is 512. The van der Waals surface area contributed by atoms with E-state index in [-0.39, 0.29) is 5.41 Å². The summed E-state index contributed by atoms with van der Waals surface area (Å²) >= 11 is 0. The molecule has 2 rings (SSSR count). The zero-order valence-corrected chi connectivity index (χ0v) is 18.4. The van der Waals surface area contributed by atoms with Crippen LogP contribution in [-0.4, -0.2) is 43.0 Å². The first kappa shape index (κ1) is 22.4. The highest BCUT2D eigenvalue weighted by molar-refractivity contribution is 5.78. The molecule has 0 amide bonds. The second-order valence-electron chi connectivity index (χ2n) is 9.63. The summed E-state index contributed by atoms with van der Waals surface area (Å²) in [5, 5.41) is 0. The third kappa shape index (κ3) is 7.59. The van der Waals surface area contributed by atoms with Crippen molar-refractivity contribution in [1.29, 1.82) is 0 Å². The molecule has 1 saturated heterocycles. The Kier molecular flexibility index (Phi) is 8.83. The van der Waals surface area contributed by atoms with Crippen LogP contribution in [0.25, 0.3) is 0 Å². The van der Waals surface area contributed by atoms with Crippen molar-refractivity contribution in [1.82, 2.24) is 4.90 Å². The van der Waals surface area contributed by atoms with Crippen LogP contribution in [0.4, 0.5) is 0 Å². The van der Waals surface area contributed by atoms with E-state index in [0.29, 0.717) is 23.7 Å². The average molecular weight is 376 g/mol. The summed E-state index contributed by atoms with van der Waals surface area (Å²) in [6.07, 6.45) is 8.22. The summed E-state index contributed by atoms with van der Waals surface area (Å²) < 4.78 is 6.07. The molecule has 27 heavy (non-hydrogen) atoms. The lowest BCUT2D eigenvalue weighted by Crippen LogP contribution is -2.40. The molecule has 1 aliphatic carbocycles. The molecule has 2 fully saturated rings. The van der Waals surface area contributed by atoms with Gasteiger partial charge in [0.1, 0.15) is 5.78 Å². The molecule has 0 aromatic heterocycles. The summed E-state index contributed by atoms with van der Waals surface area (Å²) in [5.41, 5.74) is 0.0922. The number of nitrogens with zero attached hydrogens (tertiary/aromatic N) is 1. The predicted molar refractivity (Wildman–Crippen MR) is 113 cm³/mol. The maximum absolute atomic E-state index is 11.5. The number of hydrogen-bond donors (Lipinski definition) is 0. The molecule has 1 saturated carbocycles. The Morgan fingerprint density at radius 2 is 1.74 bits per heavy atom. The van der Waals surface area contributed by atoms with Gasteiger partial charge in [0.2, 0.25) is 0 Å². The van der Waals surface area contributed by atoms with E-state index < -0.39 is 0 Å². The van der Waals surface area contributed by atoms with E-state index in [0.717, 1.165) is 57.7 Å². The molecule has 2 aliphatic rings. The number of hydrogen-bond acceptors (Lipinski definition) is 3. The van der Waals surface area contributed by atoms with Crippen LogP contribution in [0.1, 0.15) is 79.6 Å². The maximum Gasteiger partial charge on any atom is 0.132 e. The van der Waals surface area contributed by atoms with Crippen LogP contribution in [0.3, 0.4) is 0 Å². The fourth-order valence-corrected chi connectivity index (χ4v) is 4.09. The molecular weight excluding hydrogens is 334 g/mol. The minimum absolute atomic E-state index is 0.0922.